The molecule has 0 bridgehead atoms. The van der Waals surface area contributed by atoms with Crippen LogP contribution in [0.15, 0.2) is 42.5 Å². The van der Waals surface area contributed by atoms with Gasteiger partial charge in [-0.25, -0.2) is 0 Å². The van der Waals surface area contributed by atoms with Gasteiger partial charge in [0.2, 0.25) is 0 Å². The summed E-state index contributed by atoms with van der Waals surface area (Å²) in [7, 11) is 0. The number of allylic oxidation sites excluding steroid dienone is 4. The fourth-order valence-corrected chi connectivity index (χ4v) is 2.16. The van der Waals surface area contributed by atoms with Crippen LogP contribution in [-0.2, 0) is 6.42 Å². The summed E-state index contributed by atoms with van der Waals surface area (Å²) in [4.78, 5) is 0. The van der Waals surface area contributed by atoms with Crippen molar-refractivity contribution in [3.63, 3.8) is 0 Å². The van der Waals surface area contributed by atoms with Crippen LogP contribution < -0.4 is 0 Å². The van der Waals surface area contributed by atoms with Crippen molar-refractivity contribution in [2.45, 2.75) is 26.2 Å². The second-order valence-corrected chi connectivity index (χ2v) is 3.79. The van der Waals surface area contributed by atoms with E-state index in [9.17, 15) is 0 Å². The average Bonchev–Trinajstić information content (AvgIpc) is 2.70. The topological polar surface area (TPSA) is 0 Å². The lowest BCUT2D eigenvalue weighted by Gasteiger charge is -2.14. The van der Waals surface area contributed by atoms with E-state index in [-0.39, 0.29) is 0 Å². The zero-order valence-electron chi connectivity index (χ0n) is 8.83. The molecule has 0 spiro atoms. The highest BCUT2D eigenvalue weighted by molar-refractivity contribution is 5.43. The first kappa shape index (κ1) is 9.26. The highest BCUT2D eigenvalue weighted by atomic mass is 14.2. The maximum Gasteiger partial charge on any atom is 0.0207 e. The number of rotatable bonds is 2. The number of benzene rings is 1. The Morgan fingerprint density at radius 1 is 1.14 bits per heavy atom. The molecular formula is C14H16. The summed E-state index contributed by atoms with van der Waals surface area (Å²) >= 11 is 0. The van der Waals surface area contributed by atoms with E-state index in [1.807, 2.05) is 0 Å². The Labute approximate surface area is 86.0 Å². The lowest BCUT2D eigenvalue weighted by atomic mass is 9.91. The maximum atomic E-state index is 2.26. The molecule has 0 saturated heterocycles. The zero-order valence-corrected chi connectivity index (χ0v) is 8.83. The van der Waals surface area contributed by atoms with Gasteiger partial charge < -0.3 is 0 Å². The Balaban J connectivity index is 2.46. The first-order valence-electron chi connectivity index (χ1n) is 5.26. The predicted molar refractivity (Wildman–Crippen MR) is 61.6 cm³/mol. The van der Waals surface area contributed by atoms with Gasteiger partial charge in [0, 0.05) is 5.92 Å². The minimum atomic E-state index is 0.504. The summed E-state index contributed by atoms with van der Waals surface area (Å²) < 4.78 is 0. The van der Waals surface area contributed by atoms with Crippen molar-refractivity contribution in [1.29, 1.82) is 0 Å². The molecule has 0 unspecified atom stereocenters. The highest BCUT2D eigenvalue weighted by Gasteiger charge is 2.11. The van der Waals surface area contributed by atoms with Crippen LogP contribution in [0, 0.1) is 6.92 Å². The largest absolute Gasteiger partial charge is 0.0732 e. The molecule has 0 fully saturated rings. The normalized spacial score (nSPS) is 15.3. The molecule has 2 rings (SSSR count). The molecule has 14 heavy (non-hydrogen) atoms. The van der Waals surface area contributed by atoms with E-state index in [1.165, 1.54) is 16.7 Å². The molecule has 0 radical (unpaired) electrons. The van der Waals surface area contributed by atoms with E-state index in [2.05, 4.69) is 56.4 Å². The molecular weight excluding hydrogens is 168 g/mol. The first-order valence-corrected chi connectivity index (χ1v) is 5.26. The molecule has 0 N–H and O–H groups in total. The molecule has 0 saturated carbocycles. The van der Waals surface area contributed by atoms with Gasteiger partial charge in [-0.3, -0.25) is 0 Å². The summed E-state index contributed by atoms with van der Waals surface area (Å²) in [6.07, 6.45) is 9.90. The van der Waals surface area contributed by atoms with Crippen molar-refractivity contribution in [2.24, 2.45) is 0 Å². The molecule has 0 heteroatoms. The van der Waals surface area contributed by atoms with E-state index < -0.39 is 0 Å². The molecule has 0 amide bonds. The van der Waals surface area contributed by atoms with Gasteiger partial charge in [0.1, 0.15) is 0 Å². The van der Waals surface area contributed by atoms with Gasteiger partial charge in [-0.2, -0.15) is 0 Å². The minimum absolute atomic E-state index is 0.504. The van der Waals surface area contributed by atoms with Gasteiger partial charge in [0.25, 0.3) is 0 Å². The average molecular weight is 184 g/mol. The smallest absolute Gasteiger partial charge is 0.0207 e. The third-order valence-electron chi connectivity index (χ3n) is 2.91. The summed E-state index contributed by atoms with van der Waals surface area (Å²) in [6, 6.07) is 6.60. The zero-order chi connectivity index (χ0) is 9.97. The third-order valence-corrected chi connectivity index (χ3v) is 2.91. The van der Waals surface area contributed by atoms with E-state index in [0.29, 0.717) is 5.92 Å². The Kier molecular flexibility index (Phi) is 2.53. The standard InChI is InChI=1S/C14H16/c1-3-13-11(2)7-6-10-14(13)12-8-4-5-9-12/h4-10,12H,3H2,1-2H3. The SMILES string of the molecule is CCc1c(C)cccc1C1C=CC=C1. The molecule has 1 aromatic rings. The van der Waals surface area contributed by atoms with Gasteiger partial charge in [0.05, 0.1) is 0 Å². The first-order chi connectivity index (χ1) is 6.83. The Bertz CT molecular complexity index is 371. The summed E-state index contributed by atoms with van der Waals surface area (Å²) in [6.45, 7) is 4.43. The number of hydrogen-bond donors (Lipinski definition) is 0. The van der Waals surface area contributed by atoms with Gasteiger partial charge in [-0.1, -0.05) is 49.4 Å². The molecule has 0 aromatic heterocycles. The lowest BCUT2D eigenvalue weighted by Crippen LogP contribution is -1.98. The van der Waals surface area contributed by atoms with Crippen LogP contribution in [0.3, 0.4) is 0 Å². The summed E-state index contributed by atoms with van der Waals surface area (Å²) in [5, 5.41) is 0. The molecule has 0 aliphatic heterocycles. The second kappa shape index (κ2) is 3.83. The Morgan fingerprint density at radius 2 is 1.86 bits per heavy atom. The van der Waals surface area contributed by atoms with E-state index >= 15 is 0 Å². The highest BCUT2D eigenvalue weighted by Crippen LogP contribution is 2.28. The van der Waals surface area contributed by atoms with Gasteiger partial charge in [-0.15, -0.1) is 0 Å². The quantitative estimate of drug-likeness (QED) is 0.656. The molecule has 0 atom stereocenters. The summed E-state index contributed by atoms with van der Waals surface area (Å²) in [5.41, 5.74) is 4.39. The molecule has 1 aliphatic carbocycles. The van der Waals surface area contributed by atoms with Crippen LogP contribution in [0.5, 0.6) is 0 Å². The van der Waals surface area contributed by atoms with Crippen molar-refractivity contribution >= 4 is 0 Å². The number of hydrogen-bond acceptors (Lipinski definition) is 0. The van der Waals surface area contributed by atoms with Crippen LogP contribution in [0.4, 0.5) is 0 Å². The maximum absolute atomic E-state index is 2.26. The monoisotopic (exact) mass is 184 g/mol. The molecule has 0 nitrogen and oxygen atoms in total. The second-order valence-electron chi connectivity index (χ2n) is 3.79. The predicted octanol–water partition coefficient (Wildman–Crippen LogP) is 3.77. The fraction of sp³-hybridized carbons (Fsp3) is 0.286. The molecule has 1 aliphatic rings. The van der Waals surface area contributed by atoms with Crippen LogP contribution in [0.1, 0.15) is 29.5 Å². The van der Waals surface area contributed by atoms with Gasteiger partial charge >= 0.3 is 0 Å². The van der Waals surface area contributed by atoms with Crippen LogP contribution >= 0.6 is 0 Å². The Hall–Kier alpha value is -1.30. The van der Waals surface area contributed by atoms with Crippen molar-refractivity contribution in [2.75, 3.05) is 0 Å². The van der Waals surface area contributed by atoms with Crippen molar-refractivity contribution in [3.05, 3.63) is 59.2 Å². The third kappa shape index (κ3) is 1.52. The summed E-state index contributed by atoms with van der Waals surface area (Å²) in [5.74, 6) is 0.504. The van der Waals surface area contributed by atoms with Crippen LogP contribution in [0.25, 0.3) is 0 Å². The fourth-order valence-electron chi connectivity index (χ4n) is 2.16. The van der Waals surface area contributed by atoms with Crippen molar-refractivity contribution in [1.82, 2.24) is 0 Å². The van der Waals surface area contributed by atoms with Crippen molar-refractivity contribution in [3.8, 4) is 0 Å². The Morgan fingerprint density at radius 3 is 2.50 bits per heavy atom. The van der Waals surface area contributed by atoms with E-state index in [4.69, 9.17) is 0 Å². The van der Waals surface area contributed by atoms with Crippen molar-refractivity contribution < 1.29 is 0 Å². The van der Waals surface area contributed by atoms with Gasteiger partial charge in [0.15, 0.2) is 0 Å². The number of aryl methyl sites for hydroxylation is 1. The van der Waals surface area contributed by atoms with Gasteiger partial charge in [-0.05, 0) is 30.0 Å². The molecule has 1 aromatic carbocycles. The lowest BCUT2D eigenvalue weighted by molar-refractivity contribution is 1.000. The van der Waals surface area contributed by atoms with Crippen LogP contribution in [0.2, 0.25) is 0 Å². The molecule has 0 heterocycles. The van der Waals surface area contributed by atoms with E-state index in [0.717, 1.165) is 6.42 Å². The minimum Gasteiger partial charge on any atom is -0.0732 e. The molecule has 72 valence electrons. The van der Waals surface area contributed by atoms with Crippen LogP contribution in [-0.4, -0.2) is 0 Å². The van der Waals surface area contributed by atoms with E-state index in [1.54, 1.807) is 0 Å².